The number of benzene rings is 1. The van der Waals surface area contributed by atoms with Crippen molar-refractivity contribution in [1.82, 2.24) is 0 Å². The Bertz CT molecular complexity index is 447. The number of aliphatic hydroxyl groups is 1. The first-order valence-electron chi connectivity index (χ1n) is 4.82. The molecular formula is C11H10Cl2O3. The predicted octanol–water partition coefficient (Wildman–Crippen LogP) is 2.33. The van der Waals surface area contributed by atoms with Gasteiger partial charge >= 0.3 is 5.97 Å². The Hall–Kier alpha value is -0.770. The zero-order valence-electron chi connectivity index (χ0n) is 8.28. The smallest absolute Gasteiger partial charge is 0.314 e. The van der Waals surface area contributed by atoms with Crippen LogP contribution in [0.2, 0.25) is 10.0 Å². The lowest BCUT2D eigenvalue weighted by molar-refractivity contribution is -0.140. The molecule has 2 N–H and O–H groups in total. The van der Waals surface area contributed by atoms with Crippen molar-refractivity contribution in [3.05, 3.63) is 33.8 Å². The number of aliphatic hydroxyl groups excluding tert-OH is 1. The lowest BCUT2D eigenvalue weighted by Gasteiger charge is -2.13. The molecule has 1 aliphatic carbocycles. The average molecular weight is 261 g/mol. The Morgan fingerprint density at radius 3 is 2.56 bits per heavy atom. The minimum absolute atomic E-state index is 0.132. The highest BCUT2D eigenvalue weighted by Gasteiger charge is 2.61. The fourth-order valence-corrected chi connectivity index (χ4v) is 2.36. The molecule has 5 heteroatoms. The minimum atomic E-state index is -0.983. The van der Waals surface area contributed by atoms with E-state index in [-0.39, 0.29) is 12.5 Å². The highest BCUT2D eigenvalue weighted by molar-refractivity contribution is 6.42. The maximum Gasteiger partial charge on any atom is 0.314 e. The third-order valence-corrected chi connectivity index (χ3v) is 3.88. The van der Waals surface area contributed by atoms with Crippen LogP contribution in [-0.4, -0.2) is 22.8 Å². The average Bonchev–Trinajstić information content (AvgIpc) is 2.98. The van der Waals surface area contributed by atoms with Crippen LogP contribution in [0.5, 0.6) is 0 Å². The Kier molecular flexibility index (Phi) is 2.86. The number of halogens is 2. The van der Waals surface area contributed by atoms with Gasteiger partial charge in [-0.15, -0.1) is 0 Å². The molecular weight excluding hydrogens is 251 g/mol. The van der Waals surface area contributed by atoms with E-state index in [1.807, 2.05) is 0 Å². The second-order valence-electron chi connectivity index (χ2n) is 3.99. The van der Waals surface area contributed by atoms with Crippen molar-refractivity contribution in [2.45, 2.75) is 11.8 Å². The van der Waals surface area contributed by atoms with Gasteiger partial charge in [0.25, 0.3) is 0 Å². The number of hydrogen-bond donors (Lipinski definition) is 2. The van der Waals surface area contributed by atoms with Gasteiger partial charge in [-0.1, -0.05) is 29.3 Å². The lowest BCUT2D eigenvalue weighted by Crippen LogP contribution is -2.23. The van der Waals surface area contributed by atoms with Crippen LogP contribution >= 0.6 is 23.2 Å². The van der Waals surface area contributed by atoms with Crippen molar-refractivity contribution in [3.8, 4) is 0 Å². The SMILES string of the molecule is O=C(O)C1(c2ccc(Cl)c(Cl)c2)CC1CO. The molecule has 1 aromatic carbocycles. The van der Waals surface area contributed by atoms with E-state index < -0.39 is 11.4 Å². The van der Waals surface area contributed by atoms with Crippen LogP contribution in [0.15, 0.2) is 18.2 Å². The normalized spacial score (nSPS) is 27.8. The van der Waals surface area contributed by atoms with Crippen molar-refractivity contribution in [2.24, 2.45) is 5.92 Å². The molecule has 3 nitrogen and oxygen atoms in total. The number of rotatable bonds is 3. The first-order valence-corrected chi connectivity index (χ1v) is 5.57. The van der Waals surface area contributed by atoms with Crippen LogP contribution in [0, 0.1) is 5.92 Å². The van der Waals surface area contributed by atoms with Crippen molar-refractivity contribution in [2.75, 3.05) is 6.61 Å². The molecule has 2 unspecified atom stereocenters. The molecule has 0 bridgehead atoms. The van der Waals surface area contributed by atoms with Gasteiger partial charge in [-0.3, -0.25) is 4.79 Å². The molecule has 1 aromatic rings. The predicted molar refractivity (Wildman–Crippen MR) is 61.0 cm³/mol. The Balaban J connectivity index is 2.43. The van der Waals surface area contributed by atoms with Crippen LogP contribution in [-0.2, 0) is 10.2 Å². The fraction of sp³-hybridized carbons (Fsp3) is 0.364. The maximum atomic E-state index is 11.3. The van der Waals surface area contributed by atoms with E-state index in [1.54, 1.807) is 18.2 Å². The fourth-order valence-electron chi connectivity index (χ4n) is 2.06. The van der Waals surface area contributed by atoms with Gasteiger partial charge in [0.2, 0.25) is 0 Å². The summed E-state index contributed by atoms with van der Waals surface area (Å²) < 4.78 is 0. The number of aliphatic carboxylic acids is 1. The second kappa shape index (κ2) is 3.91. The summed E-state index contributed by atoms with van der Waals surface area (Å²) in [6, 6.07) is 4.79. The molecule has 0 amide bonds. The molecule has 0 radical (unpaired) electrons. The third-order valence-electron chi connectivity index (χ3n) is 3.14. The molecule has 1 aliphatic rings. The van der Waals surface area contributed by atoms with Gasteiger partial charge in [-0.25, -0.2) is 0 Å². The summed E-state index contributed by atoms with van der Waals surface area (Å²) in [6.07, 6.45) is 0.441. The molecule has 0 heterocycles. The molecule has 0 saturated heterocycles. The molecule has 1 saturated carbocycles. The summed E-state index contributed by atoms with van der Waals surface area (Å²) >= 11 is 11.6. The summed E-state index contributed by atoms with van der Waals surface area (Å²) in [4.78, 5) is 11.3. The van der Waals surface area contributed by atoms with Crippen LogP contribution in [0.3, 0.4) is 0 Å². The van der Waals surface area contributed by atoms with Gasteiger partial charge in [-0.05, 0) is 24.1 Å². The van der Waals surface area contributed by atoms with Gasteiger partial charge in [0.15, 0.2) is 0 Å². The van der Waals surface area contributed by atoms with E-state index in [0.29, 0.717) is 22.0 Å². The van der Waals surface area contributed by atoms with E-state index >= 15 is 0 Å². The summed E-state index contributed by atoms with van der Waals surface area (Å²) in [5, 5.41) is 19.0. The number of carboxylic acid groups (broad SMARTS) is 1. The lowest BCUT2D eigenvalue weighted by atomic mass is 9.93. The van der Waals surface area contributed by atoms with Crippen LogP contribution in [0.25, 0.3) is 0 Å². The largest absolute Gasteiger partial charge is 0.481 e. The second-order valence-corrected chi connectivity index (χ2v) is 4.80. The molecule has 2 atom stereocenters. The standard InChI is InChI=1S/C11H10Cl2O3/c12-8-2-1-6(3-9(8)13)11(10(15)16)4-7(11)5-14/h1-3,7,14H,4-5H2,(H,15,16). The summed E-state index contributed by atoms with van der Waals surface area (Å²) in [5.41, 5.74) is -0.378. The minimum Gasteiger partial charge on any atom is -0.481 e. The van der Waals surface area contributed by atoms with Gasteiger partial charge in [0, 0.05) is 12.5 Å². The quantitative estimate of drug-likeness (QED) is 0.877. The molecule has 1 fully saturated rings. The molecule has 0 spiro atoms. The first-order chi connectivity index (χ1) is 7.52. The Morgan fingerprint density at radius 2 is 2.12 bits per heavy atom. The molecule has 86 valence electrons. The van der Waals surface area contributed by atoms with E-state index in [0.717, 1.165) is 0 Å². The van der Waals surface area contributed by atoms with E-state index in [4.69, 9.17) is 28.3 Å². The Labute approximate surface area is 103 Å². The highest BCUT2D eigenvalue weighted by atomic mass is 35.5. The molecule has 0 aliphatic heterocycles. The first kappa shape index (κ1) is 11.7. The molecule has 0 aromatic heterocycles. The zero-order valence-corrected chi connectivity index (χ0v) is 9.79. The molecule has 16 heavy (non-hydrogen) atoms. The zero-order chi connectivity index (χ0) is 11.9. The topological polar surface area (TPSA) is 57.5 Å². The maximum absolute atomic E-state index is 11.3. The number of carbonyl (C=O) groups is 1. The van der Waals surface area contributed by atoms with Crippen molar-refractivity contribution in [3.63, 3.8) is 0 Å². The molecule has 2 rings (SSSR count). The van der Waals surface area contributed by atoms with Crippen molar-refractivity contribution < 1.29 is 15.0 Å². The summed E-state index contributed by atoms with van der Waals surface area (Å²) in [6.45, 7) is -0.132. The highest BCUT2D eigenvalue weighted by Crippen LogP contribution is 2.54. The van der Waals surface area contributed by atoms with Gasteiger partial charge in [0.1, 0.15) is 0 Å². The van der Waals surface area contributed by atoms with Crippen molar-refractivity contribution >= 4 is 29.2 Å². The summed E-state index contributed by atoms with van der Waals surface area (Å²) in [5.74, 6) is -1.16. The summed E-state index contributed by atoms with van der Waals surface area (Å²) in [7, 11) is 0. The van der Waals surface area contributed by atoms with Crippen molar-refractivity contribution in [1.29, 1.82) is 0 Å². The van der Waals surface area contributed by atoms with Gasteiger partial charge in [0.05, 0.1) is 15.5 Å². The van der Waals surface area contributed by atoms with Gasteiger partial charge in [-0.2, -0.15) is 0 Å². The van der Waals surface area contributed by atoms with Crippen LogP contribution in [0.1, 0.15) is 12.0 Å². The monoisotopic (exact) mass is 260 g/mol. The number of carboxylic acids is 1. The van der Waals surface area contributed by atoms with E-state index in [1.165, 1.54) is 0 Å². The van der Waals surface area contributed by atoms with Crippen LogP contribution in [0.4, 0.5) is 0 Å². The van der Waals surface area contributed by atoms with E-state index in [9.17, 15) is 9.90 Å². The van der Waals surface area contributed by atoms with E-state index in [2.05, 4.69) is 0 Å². The van der Waals surface area contributed by atoms with Gasteiger partial charge < -0.3 is 10.2 Å². The number of hydrogen-bond acceptors (Lipinski definition) is 2. The van der Waals surface area contributed by atoms with Crippen LogP contribution < -0.4 is 0 Å². The Morgan fingerprint density at radius 1 is 1.44 bits per heavy atom. The third kappa shape index (κ3) is 1.59.